The number of hydrogen-bond acceptors (Lipinski definition) is 0. The van der Waals surface area contributed by atoms with Gasteiger partial charge in [-0.3, -0.25) is 0 Å². The van der Waals surface area contributed by atoms with Crippen molar-refractivity contribution in [1.29, 1.82) is 0 Å². The second-order valence-electron chi connectivity index (χ2n) is 0. The molecular formula is H4Al2Ca2O3. The number of hydrogen-bond donors (Lipinski definition) is 0. The zero-order valence-corrected chi connectivity index (χ0v) is 10.5. The molecule has 0 aliphatic carbocycles. The van der Waals surface area contributed by atoms with Gasteiger partial charge in [-0.2, -0.15) is 0 Å². The fourth-order valence-corrected chi connectivity index (χ4v) is 0. The van der Waals surface area contributed by atoms with Crippen LogP contribution in [0.5, 0.6) is 0 Å². The zero-order valence-electron chi connectivity index (χ0n) is 7.79. The molecule has 3 nitrogen and oxygen atoms in total. The summed E-state index contributed by atoms with van der Waals surface area (Å²) in [5.74, 6) is 0. The standard InChI is InChI=1S/2Al.2Ca.3O.4H/q2*+3;2*+2;3*-2;4*-1. The van der Waals surface area contributed by atoms with Crippen molar-refractivity contribution in [3.63, 3.8) is 0 Å². The molecule has 0 aromatic heterocycles. The summed E-state index contributed by atoms with van der Waals surface area (Å²) in [6, 6.07) is 0. The predicted molar refractivity (Wildman–Crippen MR) is 29.5 cm³/mol. The molecular weight excluding hydrogens is 182 g/mol. The van der Waals surface area contributed by atoms with Crippen molar-refractivity contribution in [3.05, 3.63) is 0 Å². The summed E-state index contributed by atoms with van der Waals surface area (Å²) in [5, 5.41) is 0. The Balaban J connectivity index is 0. The molecule has 0 fully saturated rings. The molecule has 0 rings (SSSR count). The molecule has 0 bridgehead atoms. The van der Waals surface area contributed by atoms with Gasteiger partial charge in [0.25, 0.3) is 0 Å². The average Bonchev–Trinajstić information content (AvgIpc) is 0. The normalized spacial score (nSPS) is 0. The van der Waals surface area contributed by atoms with Crippen molar-refractivity contribution in [3.8, 4) is 0 Å². The molecule has 0 atom stereocenters. The van der Waals surface area contributed by atoms with Gasteiger partial charge in [-0.05, 0) is 0 Å². The van der Waals surface area contributed by atoms with Crippen LogP contribution in [0.1, 0.15) is 5.71 Å². The summed E-state index contributed by atoms with van der Waals surface area (Å²) < 4.78 is 0. The molecule has 7 heteroatoms. The minimum Gasteiger partial charge on any atom is -2.00 e. The summed E-state index contributed by atoms with van der Waals surface area (Å²) in [4.78, 5) is 0. The van der Waals surface area contributed by atoms with Gasteiger partial charge in [0.15, 0.2) is 0 Å². The van der Waals surface area contributed by atoms with E-state index in [1.807, 2.05) is 0 Å². The molecule has 0 heterocycles. The molecule has 0 radical (unpaired) electrons. The largest absolute Gasteiger partial charge is 3.00 e. The van der Waals surface area contributed by atoms with Crippen molar-refractivity contribution < 1.29 is 22.1 Å². The van der Waals surface area contributed by atoms with E-state index in [0.29, 0.717) is 0 Å². The average molecular weight is 186 g/mol. The van der Waals surface area contributed by atoms with Crippen LogP contribution < -0.4 is 0 Å². The Morgan fingerprint density at radius 3 is 0.571 bits per heavy atom. The van der Waals surface area contributed by atoms with Gasteiger partial charge in [-0.1, -0.05) is 0 Å². The van der Waals surface area contributed by atoms with Crippen molar-refractivity contribution in [1.82, 2.24) is 0 Å². The summed E-state index contributed by atoms with van der Waals surface area (Å²) in [5.41, 5.74) is 0. The maximum absolute atomic E-state index is 0. The van der Waals surface area contributed by atoms with E-state index in [4.69, 9.17) is 0 Å². The Morgan fingerprint density at radius 1 is 0.571 bits per heavy atom. The predicted octanol–water partition coefficient (Wildman–Crippen LogP) is -1.43. The molecule has 7 heavy (non-hydrogen) atoms. The van der Waals surface area contributed by atoms with Crippen LogP contribution in [0.2, 0.25) is 0 Å². The van der Waals surface area contributed by atoms with Gasteiger partial charge in [0.1, 0.15) is 0 Å². The fraction of sp³-hybridized carbons (Fsp3) is 0. The summed E-state index contributed by atoms with van der Waals surface area (Å²) in [6.45, 7) is 0. The summed E-state index contributed by atoms with van der Waals surface area (Å²) >= 11 is 0. The smallest absolute Gasteiger partial charge is 2.00 e. The second kappa shape index (κ2) is 56.5. The molecule has 32 valence electrons. The first-order valence-electron chi connectivity index (χ1n) is 0. The molecule has 0 saturated heterocycles. The molecule has 0 spiro atoms. The van der Waals surface area contributed by atoms with E-state index in [0.717, 1.165) is 0 Å². The minimum absolute atomic E-state index is 0. The quantitative estimate of drug-likeness (QED) is 0.415. The van der Waals surface area contributed by atoms with E-state index >= 15 is 0 Å². The van der Waals surface area contributed by atoms with E-state index < -0.39 is 0 Å². The third-order valence-electron chi connectivity index (χ3n) is 0. The van der Waals surface area contributed by atoms with Gasteiger partial charge in [-0.25, -0.2) is 0 Å². The van der Waals surface area contributed by atoms with Gasteiger partial charge < -0.3 is 22.1 Å². The van der Waals surface area contributed by atoms with Gasteiger partial charge in [-0.15, -0.1) is 0 Å². The van der Waals surface area contributed by atoms with Crippen LogP contribution >= 0.6 is 0 Å². The Kier molecular flexibility index (Phi) is 630. The maximum atomic E-state index is 0. The van der Waals surface area contributed by atoms with Gasteiger partial charge >= 0.3 is 110 Å². The first-order chi connectivity index (χ1) is 0. The van der Waals surface area contributed by atoms with Crippen molar-refractivity contribution in [2.24, 2.45) is 0 Å². The van der Waals surface area contributed by atoms with Crippen LogP contribution in [-0.4, -0.2) is 110 Å². The molecule has 0 amide bonds. The zero-order chi connectivity index (χ0) is 0. The first-order valence-corrected chi connectivity index (χ1v) is 0. The molecule has 0 aliphatic rings. The fourth-order valence-electron chi connectivity index (χ4n) is 0. The molecule has 0 aliphatic heterocycles. The van der Waals surface area contributed by atoms with Gasteiger partial charge in [0.2, 0.25) is 0 Å². The van der Waals surface area contributed by atoms with E-state index in [-0.39, 0.29) is 132 Å². The maximum Gasteiger partial charge on any atom is 3.00 e. The van der Waals surface area contributed by atoms with E-state index in [1.165, 1.54) is 0 Å². The van der Waals surface area contributed by atoms with Crippen LogP contribution in [0.3, 0.4) is 0 Å². The van der Waals surface area contributed by atoms with Crippen molar-refractivity contribution >= 4 is 110 Å². The van der Waals surface area contributed by atoms with Crippen LogP contribution in [0, 0.1) is 0 Å². The summed E-state index contributed by atoms with van der Waals surface area (Å²) in [6.07, 6.45) is 0. The third-order valence-corrected chi connectivity index (χ3v) is 0. The van der Waals surface area contributed by atoms with Gasteiger partial charge in [0.05, 0.1) is 0 Å². The third kappa shape index (κ3) is 43.9. The van der Waals surface area contributed by atoms with E-state index in [9.17, 15) is 0 Å². The van der Waals surface area contributed by atoms with Crippen LogP contribution in [0.25, 0.3) is 0 Å². The molecule has 0 N–H and O–H groups in total. The molecule has 0 unspecified atom stereocenters. The van der Waals surface area contributed by atoms with Crippen LogP contribution in [0.15, 0.2) is 0 Å². The molecule has 0 aromatic carbocycles. The van der Waals surface area contributed by atoms with E-state index in [1.54, 1.807) is 0 Å². The van der Waals surface area contributed by atoms with Crippen molar-refractivity contribution in [2.75, 3.05) is 0 Å². The SMILES string of the molecule is [Al+3].[Al+3].[Ca+2].[Ca+2].[H-].[H-].[H-].[H-].[O-2].[O-2].[O-2]. The van der Waals surface area contributed by atoms with Gasteiger partial charge in [0, 0.05) is 0 Å². The Morgan fingerprint density at radius 2 is 0.571 bits per heavy atom. The Labute approximate surface area is 130 Å². The number of rotatable bonds is 0. The Hall–Kier alpha value is 3.46. The van der Waals surface area contributed by atoms with E-state index in [2.05, 4.69) is 0 Å². The molecule has 0 saturated carbocycles. The molecule has 0 aromatic rings. The monoisotopic (exact) mass is 186 g/mol. The minimum atomic E-state index is 0. The van der Waals surface area contributed by atoms with Crippen LogP contribution in [0.4, 0.5) is 0 Å². The van der Waals surface area contributed by atoms with Crippen molar-refractivity contribution in [2.45, 2.75) is 0 Å². The first kappa shape index (κ1) is 78.1. The Bertz CT molecular complexity index is 21.3. The van der Waals surface area contributed by atoms with Crippen LogP contribution in [-0.2, 0) is 16.4 Å². The summed E-state index contributed by atoms with van der Waals surface area (Å²) in [7, 11) is 0. The second-order valence-corrected chi connectivity index (χ2v) is 0. The topological polar surface area (TPSA) is 85.5 Å².